The van der Waals surface area contributed by atoms with E-state index in [1.807, 2.05) is 4.90 Å². The molecule has 1 aliphatic rings. The maximum Gasteiger partial charge on any atom is 0.428 e. The smallest absolute Gasteiger partial charge is 0.428 e. The van der Waals surface area contributed by atoms with E-state index in [0.717, 1.165) is 6.20 Å². The van der Waals surface area contributed by atoms with Crippen molar-refractivity contribution in [2.75, 3.05) is 48.4 Å². The van der Waals surface area contributed by atoms with Crippen LogP contribution < -0.4 is 19.7 Å². The Balaban J connectivity index is 1.12. The number of alkyl halides is 6. The lowest BCUT2D eigenvalue weighted by Gasteiger charge is -2.32. The van der Waals surface area contributed by atoms with Gasteiger partial charge in [0.15, 0.2) is 5.75 Å². The average Bonchev–Trinajstić information content (AvgIpc) is 3.57. The molecule has 294 valence electrons. The number of aliphatic hydroxyl groups is 1. The van der Waals surface area contributed by atoms with E-state index in [2.05, 4.69) is 30.1 Å². The average molecular weight is 803 g/mol. The standard InChI is InChI=1S/C36H32F6N8O5S/c1-21-25(7-8-28-27(21)18-46-50(28)20-34(51,35(37,38)39)36(40,41)42)33-26-15-31(44-17-22(26)9-10-43-33)47-23-3-5-24(6-4-23)56(52,53)48-32-16-29(30(54-2)19-45-32)49-11-13-55-14-12-49/h3-10,15-19,51H,11-14,20H2,1-2H3,(H,44,47)(H,45,48). The molecular formula is C36H32F6N8O5S. The van der Waals surface area contributed by atoms with Crippen molar-refractivity contribution in [3.8, 4) is 17.0 Å². The molecule has 6 aromatic rings. The van der Waals surface area contributed by atoms with Crippen molar-refractivity contribution >= 4 is 54.7 Å². The number of hydrogen-bond acceptors (Lipinski definition) is 11. The molecule has 0 radical (unpaired) electrons. The fourth-order valence-corrected chi connectivity index (χ4v) is 7.34. The van der Waals surface area contributed by atoms with Crippen molar-refractivity contribution < 1.29 is 49.3 Å². The summed E-state index contributed by atoms with van der Waals surface area (Å²) in [7, 11) is -2.53. The summed E-state index contributed by atoms with van der Waals surface area (Å²) in [5, 5.41) is 18.2. The van der Waals surface area contributed by atoms with Crippen LogP contribution in [0.2, 0.25) is 0 Å². The summed E-state index contributed by atoms with van der Waals surface area (Å²) >= 11 is 0. The Kier molecular flexibility index (Phi) is 9.91. The Hall–Kier alpha value is -5.73. The molecule has 0 saturated carbocycles. The van der Waals surface area contributed by atoms with Crippen LogP contribution in [0, 0.1) is 6.92 Å². The minimum Gasteiger partial charge on any atom is -0.493 e. The molecule has 0 amide bonds. The molecule has 5 heterocycles. The minimum atomic E-state index is -6.01. The highest BCUT2D eigenvalue weighted by Gasteiger charge is 2.70. The zero-order valence-corrected chi connectivity index (χ0v) is 30.3. The fraction of sp³-hybridized carbons (Fsp3) is 0.278. The SMILES string of the molecule is COc1cnc(NS(=O)(=O)c2ccc(Nc3cc4c(-c5ccc6c(cnn6CC(O)(C(F)(F)F)C(F)(F)F)c5C)nccc4cn3)cc2)cc1N1CCOCC1. The van der Waals surface area contributed by atoms with Gasteiger partial charge in [0.2, 0.25) is 0 Å². The third-order valence-electron chi connectivity index (χ3n) is 9.41. The molecule has 0 bridgehead atoms. The maximum absolute atomic E-state index is 13.4. The zero-order chi connectivity index (χ0) is 40.0. The van der Waals surface area contributed by atoms with Gasteiger partial charge in [-0.2, -0.15) is 31.4 Å². The highest BCUT2D eigenvalue weighted by Crippen LogP contribution is 2.45. The first-order valence-corrected chi connectivity index (χ1v) is 18.3. The third-order valence-corrected chi connectivity index (χ3v) is 10.8. The Labute approximate surface area is 315 Å². The molecule has 0 aliphatic carbocycles. The van der Waals surface area contributed by atoms with Crippen LogP contribution in [0.3, 0.4) is 0 Å². The second-order valence-corrected chi connectivity index (χ2v) is 14.6. The van der Waals surface area contributed by atoms with Gasteiger partial charge < -0.3 is 24.8 Å². The quantitative estimate of drug-likeness (QED) is 0.128. The molecular weight excluding hydrogens is 771 g/mol. The molecule has 20 heteroatoms. The van der Waals surface area contributed by atoms with Crippen molar-refractivity contribution in [2.24, 2.45) is 0 Å². The summed E-state index contributed by atoms with van der Waals surface area (Å²) in [6, 6.07) is 13.8. The number of rotatable bonds is 10. The maximum atomic E-state index is 13.4. The van der Waals surface area contributed by atoms with Gasteiger partial charge in [-0.3, -0.25) is 14.4 Å². The predicted octanol–water partition coefficient (Wildman–Crippen LogP) is 6.60. The van der Waals surface area contributed by atoms with E-state index in [1.54, 1.807) is 43.5 Å². The number of pyridine rings is 3. The van der Waals surface area contributed by atoms with Crippen LogP contribution in [0.5, 0.6) is 5.75 Å². The normalized spacial score (nSPS) is 14.3. The zero-order valence-electron chi connectivity index (χ0n) is 29.5. The molecule has 0 unspecified atom stereocenters. The molecule has 3 N–H and O–H groups in total. The Morgan fingerprint density at radius 1 is 0.875 bits per heavy atom. The predicted molar refractivity (Wildman–Crippen MR) is 194 cm³/mol. The number of benzene rings is 2. The summed E-state index contributed by atoms with van der Waals surface area (Å²) in [5.41, 5.74) is -2.46. The largest absolute Gasteiger partial charge is 0.493 e. The van der Waals surface area contributed by atoms with E-state index in [1.165, 1.54) is 43.8 Å². The van der Waals surface area contributed by atoms with Crippen molar-refractivity contribution in [2.45, 2.75) is 36.3 Å². The second kappa shape index (κ2) is 14.4. The van der Waals surface area contributed by atoms with Crippen molar-refractivity contribution in [3.05, 3.63) is 84.9 Å². The summed E-state index contributed by atoms with van der Waals surface area (Å²) in [6.45, 7) is 1.99. The molecule has 2 aromatic carbocycles. The summed E-state index contributed by atoms with van der Waals surface area (Å²) < 4.78 is 121. The van der Waals surface area contributed by atoms with Crippen molar-refractivity contribution in [1.29, 1.82) is 0 Å². The van der Waals surface area contributed by atoms with Crippen LogP contribution in [-0.4, -0.2) is 89.6 Å². The number of nitrogens with one attached hydrogen (secondary N) is 2. The molecule has 7 rings (SSSR count). The van der Waals surface area contributed by atoms with Crippen molar-refractivity contribution in [3.63, 3.8) is 0 Å². The molecule has 13 nitrogen and oxygen atoms in total. The van der Waals surface area contributed by atoms with Gasteiger partial charge in [-0.25, -0.2) is 18.4 Å². The minimum absolute atomic E-state index is 0.0257. The van der Waals surface area contributed by atoms with Crippen LogP contribution in [-0.2, 0) is 21.3 Å². The first kappa shape index (κ1) is 38.5. The molecule has 1 fully saturated rings. The van der Waals surface area contributed by atoms with Gasteiger partial charge in [-0.05, 0) is 55.0 Å². The number of nitrogens with zero attached hydrogens (tertiary/aromatic N) is 6. The van der Waals surface area contributed by atoms with Crippen LogP contribution in [0.1, 0.15) is 5.56 Å². The molecule has 4 aromatic heterocycles. The number of morpholine rings is 1. The number of hydrogen-bond donors (Lipinski definition) is 3. The first-order chi connectivity index (χ1) is 26.5. The van der Waals surface area contributed by atoms with Crippen LogP contribution in [0.15, 0.2) is 84.3 Å². The van der Waals surface area contributed by atoms with Gasteiger partial charge in [0, 0.05) is 59.0 Å². The number of anilines is 4. The molecule has 56 heavy (non-hydrogen) atoms. The summed E-state index contributed by atoms with van der Waals surface area (Å²) in [6.07, 6.45) is -6.32. The first-order valence-electron chi connectivity index (χ1n) is 16.8. The number of aryl methyl sites for hydroxylation is 1. The van der Waals surface area contributed by atoms with E-state index in [0.29, 0.717) is 81.5 Å². The summed E-state index contributed by atoms with van der Waals surface area (Å²) in [5.74, 6) is 0.968. The second-order valence-electron chi connectivity index (χ2n) is 12.9. The summed E-state index contributed by atoms with van der Waals surface area (Å²) in [4.78, 5) is 15.2. The van der Waals surface area contributed by atoms with E-state index >= 15 is 0 Å². The van der Waals surface area contributed by atoms with Gasteiger partial charge in [-0.1, -0.05) is 6.07 Å². The Morgan fingerprint density at radius 3 is 2.25 bits per heavy atom. The number of methoxy groups -OCH3 is 1. The van der Waals surface area contributed by atoms with Gasteiger partial charge in [-0.15, -0.1) is 0 Å². The Morgan fingerprint density at radius 2 is 1.57 bits per heavy atom. The van der Waals surface area contributed by atoms with Gasteiger partial charge >= 0.3 is 12.4 Å². The fourth-order valence-electron chi connectivity index (χ4n) is 6.34. The highest BCUT2D eigenvalue weighted by atomic mass is 32.2. The van der Waals surface area contributed by atoms with E-state index in [4.69, 9.17) is 9.47 Å². The van der Waals surface area contributed by atoms with Gasteiger partial charge in [0.1, 0.15) is 11.6 Å². The molecule has 1 saturated heterocycles. The van der Waals surface area contributed by atoms with Crippen LogP contribution >= 0.6 is 0 Å². The molecule has 0 atom stereocenters. The number of sulfonamides is 1. The molecule has 0 spiro atoms. The number of fused-ring (bicyclic) bond motifs is 2. The Bertz CT molecular complexity index is 2510. The van der Waals surface area contributed by atoms with Crippen LogP contribution in [0.25, 0.3) is 32.9 Å². The topological polar surface area (TPSA) is 157 Å². The highest BCUT2D eigenvalue weighted by molar-refractivity contribution is 7.92. The van der Waals surface area contributed by atoms with E-state index in [-0.39, 0.29) is 21.6 Å². The third kappa shape index (κ3) is 7.21. The number of ether oxygens (including phenoxy) is 2. The number of aromatic nitrogens is 5. The van der Waals surface area contributed by atoms with Gasteiger partial charge in [0.05, 0.1) is 61.1 Å². The van der Waals surface area contributed by atoms with E-state index in [9.17, 15) is 39.9 Å². The van der Waals surface area contributed by atoms with Crippen molar-refractivity contribution in [1.82, 2.24) is 24.7 Å². The monoisotopic (exact) mass is 802 g/mol. The van der Waals surface area contributed by atoms with E-state index < -0.39 is 34.5 Å². The molecule has 1 aliphatic heterocycles. The number of halogens is 6. The van der Waals surface area contributed by atoms with Gasteiger partial charge in [0.25, 0.3) is 15.6 Å². The van der Waals surface area contributed by atoms with Crippen LogP contribution in [0.4, 0.5) is 49.4 Å². The lowest BCUT2D eigenvalue weighted by atomic mass is 9.98. The lowest BCUT2D eigenvalue weighted by molar-refractivity contribution is -0.372. The lowest BCUT2D eigenvalue weighted by Crippen LogP contribution is -2.59.